The molecule has 0 heterocycles. The minimum Gasteiger partial charge on any atom is -0.497 e. The van der Waals surface area contributed by atoms with Gasteiger partial charge in [-0.15, -0.1) is 0 Å². The Labute approximate surface area is 147 Å². The lowest BCUT2D eigenvalue weighted by molar-refractivity contribution is 0.340. The van der Waals surface area contributed by atoms with Gasteiger partial charge < -0.3 is 14.8 Å². The van der Waals surface area contributed by atoms with E-state index in [9.17, 15) is 0 Å². The fourth-order valence-corrected chi connectivity index (χ4v) is 2.16. The fourth-order valence-electron chi connectivity index (χ4n) is 1.99. The number of nitrogens with one attached hydrogen (secondary N) is 2. The van der Waals surface area contributed by atoms with E-state index in [1.54, 1.807) is 7.11 Å². The molecule has 0 aliphatic heterocycles. The highest BCUT2D eigenvalue weighted by atomic mass is 32.1. The van der Waals surface area contributed by atoms with E-state index in [-0.39, 0.29) is 0 Å². The Morgan fingerprint density at radius 1 is 1.04 bits per heavy atom. The van der Waals surface area contributed by atoms with Gasteiger partial charge in [0.05, 0.1) is 19.4 Å². The van der Waals surface area contributed by atoms with Crippen LogP contribution in [0.1, 0.15) is 19.4 Å². The fraction of sp³-hybridized carbons (Fsp3) is 0.222. The van der Waals surface area contributed by atoms with Gasteiger partial charge in [-0.25, -0.2) is 0 Å². The van der Waals surface area contributed by atoms with Crippen molar-refractivity contribution in [2.24, 2.45) is 5.10 Å². The van der Waals surface area contributed by atoms with E-state index in [4.69, 9.17) is 21.7 Å². The van der Waals surface area contributed by atoms with Gasteiger partial charge in [-0.3, -0.25) is 5.43 Å². The van der Waals surface area contributed by atoms with Crippen molar-refractivity contribution in [1.82, 2.24) is 5.43 Å². The first-order valence-electron chi connectivity index (χ1n) is 7.61. The van der Waals surface area contributed by atoms with Crippen molar-refractivity contribution in [2.45, 2.75) is 13.8 Å². The summed E-state index contributed by atoms with van der Waals surface area (Å²) >= 11 is 5.24. The lowest BCUT2D eigenvalue weighted by atomic mass is 10.1. The van der Waals surface area contributed by atoms with Crippen LogP contribution >= 0.6 is 12.2 Å². The summed E-state index contributed by atoms with van der Waals surface area (Å²) in [5.41, 5.74) is 5.54. The molecule has 2 rings (SSSR count). The smallest absolute Gasteiger partial charge is 0.191 e. The summed E-state index contributed by atoms with van der Waals surface area (Å²) in [4.78, 5) is 0. The Balaban J connectivity index is 1.91. The van der Waals surface area contributed by atoms with E-state index in [1.807, 2.05) is 62.4 Å². The van der Waals surface area contributed by atoms with Gasteiger partial charge in [0.2, 0.25) is 0 Å². The summed E-state index contributed by atoms with van der Waals surface area (Å²) in [6, 6.07) is 15.3. The highest BCUT2D eigenvalue weighted by Crippen LogP contribution is 2.15. The number of benzene rings is 2. The Bertz CT molecular complexity index is 697. The van der Waals surface area contributed by atoms with Crippen LogP contribution in [-0.2, 0) is 0 Å². The van der Waals surface area contributed by atoms with E-state index in [0.717, 1.165) is 28.5 Å². The lowest BCUT2D eigenvalue weighted by Crippen LogP contribution is -2.24. The van der Waals surface area contributed by atoms with Crippen LogP contribution < -0.4 is 20.2 Å². The van der Waals surface area contributed by atoms with E-state index < -0.39 is 0 Å². The zero-order valence-electron chi connectivity index (χ0n) is 14.0. The molecule has 0 bridgehead atoms. The normalized spacial score (nSPS) is 10.9. The molecule has 0 atom stereocenters. The molecule has 0 aromatic heterocycles. The van der Waals surface area contributed by atoms with Gasteiger partial charge in [0.25, 0.3) is 0 Å². The Morgan fingerprint density at radius 3 is 2.25 bits per heavy atom. The highest BCUT2D eigenvalue weighted by molar-refractivity contribution is 7.80. The van der Waals surface area contributed by atoms with Gasteiger partial charge in [-0.05, 0) is 80.2 Å². The van der Waals surface area contributed by atoms with E-state index >= 15 is 0 Å². The number of hydrazone groups is 1. The number of anilines is 1. The maximum Gasteiger partial charge on any atom is 0.191 e. The molecule has 0 radical (unpaired) electrons. The third-order valence-electron chi connectivity index (χ3n) is 3.26. The molecule has 2 aromatic rings. The number of ether oxygens (including phenoxy) is 2. The largest absolute Gasteiger partial charge is 0.497 e. The van der Waals surface area contributed by atoms with Crippen molar-refractivity contribution >= 4 is 28.7 Å². The molecule has 0 amide bonds. The zero-order chi connectivity index (χ0) is 17.4. The van der Waals surface area contributed by atoms with Gasteiger partial charge in [0, 0.05) is 5.69 Å². The molecule has 0 unspecified atom stereocenters. The van der Waals surface area contributed by atoms with Crippen molar-refractivity contribution in [3.05, 3.63) is 54.1 Å². The predicted octanol–water partition coefficient (Wildman–Crippen LogP) is 3.80. The molecule has 5 nitrogen and oxygen atoms in total. The Hall–Kier alpha value is -2.60. The number of hydrogen-bond acceptors (Lipinski definition) is 4. The van der Waals surface area contributed by atoms with Crippen LogP contribution in [0.25, 0.3) is 0 Å². The van der Waals surface area contributed by atoms with Crippen molar-refractivity contribution in [3.8, 4) is 11.5 Å². The average Bonchev–Trinajstić information content (AvgIpc) is 2.61. The van der Waals surface area contributed by atoms with Gasteiger partial charge in [-0.2, -0.15) is 5.10 Å². The molecule has 0 saturated heterocycles. The summed E-state index contributed by atoms with van der Waals surface area (Å²) in [6.45, 7) is 4.53. The minimum atomic E-state index is 0.422. The molecule has 6 heteroatoms. The first-order chi connectivity index (χ1) is 11.6. The summed E-state index contributed by atoms with van der Waals surface area (Å²) in [5, 5.41) is 7.78. The number of methoxy groups -OCH3 is 1. The van der Waals surface area contributed by atoms with Crippen molar-refractivity contribution in [2.75, 3.05) is 19.0 Å². The van der Waals surface area contributed by atoms with E-state index in [2.05, 4.69) is 15.8 Å². The van der Waals surface area contributed by atoms with Crippen LogP contribution in [0.15, 0.2) is 53.6 Å². The van der Waals surface area contributed by atoms with Gasteiger partial charge >= 0.3 is 0 Å². The van der Waals surface area contributed by atoms with Crippen molar-refractivity contribution < 1.29 is 9.47 Å². The summed E-state index contributed by atoms with van der Waals surface area (Å²) in [7, 11) is 1.63. The standard InChI is InChI=1S/C18H21N3O2S/c1-4-23-17-9-5-14(6-10-17)13(2)20-21-18(24)19-15-7-11-16(22-3)12-8-15/h5-12H,4H2,1-3H3,(H2,19,21,24)/b20-13-. The van der Waals surface area contributed by atoms with Crippen LogP contribution in [0, 0.1) is 0 Å². The number of thiocarbonyl (C=S) groups is 1. The second kappa shape index (κ2) is 8.88. The van der Waals surface area contributed by atoms with Gasteiger partial charge in [0.1, 0.15) is 11.5 Å². The third kappa shape index (κ3) is 5.24. The SMILES string of the molecule is CCOc1ccc(/C(C)=N\NC(=S)Nc2ccc(OC)cc2)cc1. The summed E-state index contributed by atoms with van der Waals surface area (Å²) in [6.07, 6.45) is 0. The molecule has 0 spiro atoms. The van der Waals surface area contributed by atoms with E-state index in [1.165, 1.54) is 0 Å². The van der Waals surface area contributed by atoms with Crippen LogP contribution in [0.5, 0.6) is 11.5 Å². The van der Waals surface area contributed by atoms with E-state index in [0.29, 0.717) is 11.7 Å². The van der Waals surface area contributed by atoms with Crippen LogP contribution in [-0.4, -0.2) is 24.5 Å². The Kier molecular flexibility index (Phi) is 6.57. The first-order valence-corrected chi connectivity index (χ1v) is 8.01. The quantitative estimate of drug-likeness (QED) is 0.475. The molecule has 24 heavy (non-hydrogen) atoms. The Morgan fingerprint density at radius 2 is 1.67 bits per heavy atom. The molecule has 0 aliphatic carbocycles. The molecular weight excluding hydrogens is 322 g/mol. The topological polar surface area (TPSA) is 54.9 Å². The molecule has 2 N–H and O–H groups in total. The molecule has 0 fully saturated rings. The maximum absolute atomic E-state index is 5.43. The molecule has 2 aromatic carbocycles. The highest BCUT2D eigenvalue weighted by Gasteiger charge is 2.01. The first kappa shape index (κ1) is 17.7. The van der Waals surface area contributed by atoms with Crippen molar-refractivity contribution in [1.29, 1.82) is 0 Å². The molecule has 126 valence electrons. The van der Waals surface area contributed by atoms with Crippen molar-refractivity contribution in [3.63, 3.8) is 0 Å². The third-order valence-corrected chi connectivity index (χ3v) is 3.45. The van der Waals surface area contributed by atoms with Crippen LogP contribution in [0.3, 0.4) is 0 Å². The maximum atomic E-state index is 5.43. The molecule has 0 saturated carbocycles. The second-order valence-electron chi connectivity index (χ2n) is 4.95. The van der Waals surface area contributed by atoms with Crippen LogP contribution in [0.2, 0.25) is 0 Å². The number of rotatable bonds is 6. The predicted molar refractivity (Wildman–Crippen MR) is 102 cm³/mol. The minimum absolute atomic E-state index is 0.422. The van der Waals surface area contributed by atoms with Crippen LogP contribution in [0.4, 0.5) is 5.69 Å². The average molecular weight is 343 g/mol. The summed E-state index contributed by atoms with van der Waals surface area (Å²) < 4.78 is 10.5. The summed E-state index contributed by atoms with van der Waals surface area (Å²) in [5.74, 6) is 1.64. The van der Waals surface area contributed by atoms with Gasteiger partial charge in [0.15, 0.2) is 5.11 Å². The van der Waals surface area contributed by atoms with Gasteiger partial charge in [-0.1, -0.05) is 0 Å². The zero-order valence-corrected chi connectivity index (χ0v) is 14.8. The monoisotopic (exact) mass is 343 g/mol. The second-order valence-corrected chi connectivity index (χ2v) is 5.36. The number of nitrogens with zero attached hydrogens (tertiary/aromatic N) is 1. The molecule has 0 aliphatic rings. The number of hydrogen-bond donors (Lipinski definition) is 2. The lowest BCUT2D eigenvalue weighted by Gasteiger charge is -2.09. The molecular formula is C18H21N3O2S.